The highest BCUT2D eigenvalue weighted by Gasteiger charge is 2.17. The minimum Gasteiger partial charge on any atom is -0.344 e. The summed E-state index contributed by atoms with van der Waals surface area (Å²) >= 11 is 0. The lowest BCUT2D eigenvalue weighted by Gasteiger charge is -2.28. The predicted octanol–water partition coefficient (Wildman–Crippen LogP) is 10.1. The van der Waals surface area contributed by atoms with Gasteiger partial charge < -0.3 is 9.47 Å². The van der Waals surface area contributed by atoms with E-state index in [1.54, 1.807) is 0 Å². The van der Waals surface area contributed by atoms with Crippen LogP contribution in [-0.2, 0) is 7.05 Å². The summed E-state index contributed by atoms with van der Waals surface area (Å²) in [5.74, 6) is 0. The molecule has 1 heterocycles. The minimum absolute atomic E-state index is 1.13. The normalized spacial score (nSPS) is 11.2. The highest BCUT2D eigenvalue weighted by Crippen LogP contribution is 2.42. The van der Waals surface area contributed by atoms with Gasteiger partial charge in [-0.15, -0.1) is 0 Å². The van der Waals surface area contributed by atoms with Gasteiger partial charge in [0.1, 0.15) is 0 Å². The number of hydrogen-bond acceptors (Lipinski definition) is 1. The van der Waals surface area contributed by atoms with Gasteiger partial charge in [0.05, 0.1) is 5.69 Å². The number of aromatic nitrogens is 1. The van der Waals surface area contributed by atoms with E-state index in [1.807, 2.05) is 0 Å². The summed E-state index contributed by atoms with van der Waals surface area (Å²) in [5, 5.41) is 2.57. The second-order valence-corrected chi connectivity index (χ2v) is 9.91. The van der Waals surface area contributed by atoms with Gasteiger partial charge in [0.15, 0.2) is 0 Å². The first-order chi connectivity index (χ1) is 19.3. The van der Waals surface area contributed by atoms with Crippen LogP contribution in [0.4, 0.5) is 17.1 Å². The number of rotatable bonds is 5. The Hall–Kier alpha value is -5.08. The summed E-state index contributed by atoms with van der Waals surface area (Å²) in [7, 11) is 2.15. The fourth-order valence-corrected chi connectivity index (χ4v) is 5.71. The van der Waals surface area contributed by atoms with Crippen LogP contribution < -0.4 is 4.90 Å². The molecule has 2 nitrogen and oxygen atoms in total. The van der Waals surface area contributed by atoms with Crippen LogP contribution >= 0.6 is 0 Å². The standard InChI is InChI=1S/C37H28N2/c1-38-35-21-10-9-20-33(35)34-26-29(23-24-36(34)38)28-15-12-18-31(25-28)39(30-16-6-3-7-17-30)37-22-11-8-19-32(37)27-13-4-2-5-14-27/h2-26H,1H3. The lowest BCUT2D eigenvalue weighted by Crippen LogP contribution is -2.11. The van der Waals surface area contributed by atoms with E-state index in [0.717, 1.165) is 17.1 Å². The van der Waals surface area contributed by atoms with Crippen molar-refractivity contribution >= 4 is 38.9 Å². The average molecular weight is 501 g/mol. The maximum absolute atomic E-state index is 2.36. The molecule has 0 radical (unpaired) electrons. The predicted molar refractivity (Wildman–Crippen MR) is 166 cm³/mol. The molecule has 0 aliphatic rings. The lowest BCUT2D eigenvalue weighted by molar-refractivity contribution is 1.01. The molecule has 39 heavy (non-hydrogen) atoms. The van der Waals surface area contributed by atoms with Crippen LogP contribution in [0.25, 0.3) is 44.1 Å². The van der Waals surface area contributed by atoms with Gasteiger partial charge in [-0.1, -0.05) is 103 Å². The summed E-state index contributed by atoms with van der Waals surface area (Å²) in [6, 6.07) is 54.3. The monoisotopic (exact) mass is 500 g/mol. The second kappa shape index (κ2) is 9.66. The van der Waals surface area contributed by atoms with E-state index in [4.69, 9.17) is 0 Å². The largest absolute Gasteiger partial charge is 0.344 e. The van der Waals surface area contributed by atoms with Gasteiger partial charge in [0.2, 0.25) is 0 Å². The molecule has 7 rings (SSSR count). The third-order valence-corrected chi connectivity index (χ3v) is 7.60. The van der Waals surface area contributed by atoms with Crippen LogP contribution in [0.1, 0.15) is 0 Å². The van der Waals surface area contributed by atoms with Crippen molar-refractivity contribution in [3.05, 3.63) is 152 Å². The van der Waals surface area contributed by atoms with Crippen molar-refractivity contribution in [2.24, 2.45) is 7.05 Å². The summed E-state index contributed by atoms with van der Waals surface area (Å²) < 4.78 is 2.28. The van der Waals surface area contributed by atoms with Crippen molar-refractivity contribution in [1.29, 1.82) is 0 Å². The number of benzene rings is 6. The maximum atomic E-state index is 2.36. The molecule has 0 fully saturated rings. The number of fused-ring (bicyclic) bond motifs is 3. The van der Waals surface area contributed by atoms with Gasteiger partial charge >= 0.3 is 0 Å². The van der Waals surface area contributed by atoms with Gasteiger partial charge in [0, 0.05) is 45.8 Å². The number of anilines is 3. The Kier molecular flexibility index (Phi) is 5.71. The molecular weight excluding hydrogens is 472 g/mol. The Morgan fingerprint density at radius 2 is 1.05 bits per heavy atom. The van der Waals surface area contributed by atoms with Gasteiger partial charge in [-0.05, 0) is 65.2 Å². The highest BCUT2D eigenvalue weighted by atomic mass is 15.1. The zero-order valence-electron chi connectivity index (χ0n) is 21.8. The first kappa shape index (κ1) is 23.1. The van der Waals surface area contributed by atoms with Gasteiger partial charge in [-0.25, -0.2) is 0 Å². The van der Waals surface area contributed by atoms with Gasteiger partial charge in [0.25, 0.3) is 0 Å². The van der Waals surface area contributed by atoms with Crippen molar-refractivity contribution in [3.63, 3.8) is 0 Å². The molecule has 0 bridgehead atoms. The van der Waals surface area contributed by atoms with Crippen molar-refractivity contribution in [1.82, 2.24) is 4.57 Å². The zero-order valence-corrected chi connectivity index (χ0v) is 21.8. The molecule has 1 aromatic heterocycles. The molecule has 0 spiro atoms. The molecule has 0 aliphatic heterocycles. The average Bonchev–Trinajstić information content (AvgIpc) is 3.30. The first-order valence-corrected chi connectivity index (χ1v) is 13.4. The fourth-order valence-electron chi connectivity index (χ4n) is 5.71. The molecule has 0 unspecified atom stereocenters. The Morgan fingerprint density at radius 3 is 1.90 bits per heavy atom. The van der Waals surface area contributed by atoms with Crippen molar-refractivity contribution in [2.75, 3.05) is 4.90 Å². The third-order valence-electron chi connectivity index (χ3n) is 7.60. The molecule has 2 heteroatoms. The molecule has 7 aromatic rings. The Bertz CT molecular complexity index is 1920. The van der Waals surface area contributed by atoms with Crippen LogP contribution in [0.5, 0.6) is 0 Å². The van der Waals surface area contributed by atoms with Gasteiger partial charge in [-0.2, -0.15) is 0 Å². The number of para-hydroxylation sites is 3. The molecule has 0 atom stereocenters. The Balaban J connectivity index is 1.40. The topological polar surface area (TPSA) is 8.17 Å². The smallest absolute Gasteiger partial charge is 0.0540 e. The molecular formula is C37H28N2. The molecule has 0 N–H and O–H groups in total. The molecule has 0 aliphatic carbocycles. The van der Waals surface area contributed by atoms with Crippen LogP contribution in [0.15, 0.2) is 152 Å². The summed E-state index contributed by atoms with van der Waals surface area (Å²) in [6.45, 7) is 0. The van der Waals surface area contributed by atoms with Crippen molar-refractivity contribution < 1.29 is 0 Å². The molecule has 6 aromatic carbocycles. The number of aryl methyl sites for hydroxylation is 1. The SMILES string of the molecule is Cn1c2ccccc2c2cc(-c3cccc(N(c4ccccc4)c4ccccc4-c4ccccc4)c3)ccc21. The van der Waals surface area contributed by atoms with Crippen molar-refractivity contribution in [2.45, 2.75) is 0 Å². The van der Waals surface area contributed by atoms with E-state index in [1.165, 1.54) is 44.1 Å². The minimum atomic E-state index is 1.13. The second-order valence-electron chi connectivity index (χ2n) is 9.91. The van der Waals surface area contributed by atoms with Crippen molar-refractivity contribution in [3.8, 4) is 22.3 Å². The van der Waals surface area contributed by atoms with E-state index in [-0.39, 0.29) is 0 Å². The van der Waals surface area contributed by atoms with E-state index >= 15 is 0 Å². The molecule has 186 valence electrons. The molecule has 0 amide bonds. The molecule has 0 saturated heterocycles. The number of hydrogen-bond donors (Lipinski definition) is 0. The van der Waals surface area contributed by atoms with Crippen LogP contribution in [0.2, 0.25) is 0 Å². The molecule has 0 saturated carbocycles. The maximum Gasteiger partial charge on any atom is 0.0540 e. The highest BCUT2D eigenvalue weighted by molar-refractivity contribution is 6.09. The first-order valence-electron chi connectivity index (χ1n) is 13.4. The van der Waals surface area contributed by atoms with E-state index in [0.29, 0.717) is 0 Å². The summed E-state index contributed by atoms with van der Waals surface area (Å²) in [6.07, 6.45) is 0. The van der Waals surface area contributed by atoms with Crippen LogP contribution in [0, 0.1) is 0 Å². The Labute approximate surface area is 229 Å². The van der Waals surface area contributed by atoms with E-state index < -0.39 is 0 Å². The van der Waals surface area contributed by atoms with E-state index in [2.05, 4.69) is 168 Å². The Morgan fingerprint density at radius 1 is 0.436 bits per heavy atom. The quantitative estimate of drug-likeness (QED) is 0.228. The third kappa shape index (κ3) is 4.07. The fraction of sp³-hybridized carbons (Fsp3) is 0.0270. The number of nitrogens with zero attached hydrogens (tertiary/aromatic N) is 2. The zero-order chi connectivity index (χ0) is 26.2. The van der Waals surface area contributed by atoms with E-state index in [9.17, 15) is 0 Å². The van der Waals surface area contributed by atoms with Crippen LogP contribution in [0.3, 0.4) is 0 Å². The summed E-state index contributed by atoms with van der Waals surface area (Å²) in [5.41, 5.74) is 10.7. The lowest BCUT2D eigenvalue weighted by atomic mass is 10.00. The summed E-state index contributed by atoms with van der Waals surface area (Å²) in [4.78, 5) is 2.36. The van der Waals surface area contributed by atoms with Crippen LogP contribution in [-0.4, -0.2) is 4.57 Å². The van der Waals surface area contributed by atoms with Gasteiger partial charge in [-0.3, -0.25) is 0 Å².